The van der Waals surface area contributed by atoms with Crippen molar-refractivity contribution in [2.24, 2.45) is 0 Å². The number of aliphatic hydroxyl groups excluding tert-OH is 1. The molecule has 0 saturated heterocycles. The van der Waals surface area contributed by atoms with Gasteiger partial charge in [0, 0.05) is 12.7 Å². The number of ether oxygens (including phenoxy) is 1. The predicted molar refractivity (Wildman–Crippen MR) is 74.2 cm³/mol. The number of nitrogens with one attached hydrogen (secondary N) is 1. The van der Waals surface area contributed by atoms with E-state index >= 15 is 0 Å². The molecule has 114 valence electrons. The van der Waals surface area contributed by atoms with Crippen molar-refractivity contribution in [3.63, 3.8) is 0 Å². The molecule has 0 aliphatic carbocycles. The third kappa shape index (κ3) is 4.52. The molecule has 1 aromatic heterocycles. The average molecular weight is 312 g/mol. The predicted octanol–water partition coefficient (Wildman–Crippen LogP) is -0.372. The van der Waals surface area contributed by atoms with Crippen LogP contribution in [-0.4, -0.2) is 48.3 Å². The first-order valence-electron chi connectivity index (χ1n) is 6.29. The molecule has 0 aliphatic heterocycles. The van der Waals surface area contributed by atoms with Gasteiger partial charge in [-0.2, -0.15) is 0 Å². The van der Waals surface area contributed by atoms with Crippen LogP contribution in [0.2, 0.25) is 0 Å². The molecule has 2 N–H and O–H groups in total. The van der Waals surface area contributed by atoms with E-state index in [0.29, 0.717) is 12.3 Å². The zero-order valence-corrected chi connectivity index (χ0v) is 12.0. The van der Waals surface area contributed by atoms with Crippen molar-refractivity contribution in [3.05, 3.63) is 36.7 Å². The first kappa shape index (κ1) is 15.4. The summed E-state index contributed by atoms with van der Waals surface area (Å²) in [6.07, 6.45) is 3.18. The zero-order valence-electron chi connectivity index (χ0n) is 11.2. The van der Waals surface area contributed by atoms with E-state index in [9.17, 15) is 8.42 Å². The fourth-order valence-electron chi connectivity index (χ4n) is 1.61. The molecule has 0 saturated carbocycles. The quantitative estimate of drug-likeness (QED) is 0.689. The number of aromatic nitrogens is 3. The summed E-state index contributed by atoms with van der Waals surface area (Å²) in [5.41, 5.74) is 0. The van der Waals surface area contributed by atoms with Crippen LogP contribution in [0.5, 0.6) is 5.75 Å². The van der Waals surface area contributed by atoms with E-state index in [1.165, 1.54) is 23.0 Å². The summed E-state index contributed by atoms with van der Waals surface area (Å²) < 4.78 is 33.3. The van der Waals surface area contributed by atoms with E-state index in [1.807, 2.05) is 0 Å². The third-order valence-corrected chi connectivity index (χ3v) is 4.08. The number of hydrogen-bond donors (Lipinski definition) is 2. The first-order chi connectivity index (χ1) is 10.1. The molecule has 0 radical (unpaired) electrons. The third-order valence-electron chi connectivity index (χ3n) is 2.60. The summed E-state index contributed by atoms with van der Waals surface area (Å²) in [7, 11) is -3.57. The normalized spacial score (nSPS) is 11.5. The van der Waals surface area contributed by atoms with E-state index in [-0.39, 0.29) is 24.7 Å². The highest BCUT2D eigenvalue weighted by Crippen LogP contribution is 2.15. The standard InChI is InChI=1S/C12H16N4O4S/c17-9-10-20-11-1-3-12(4-2-11)21(18,19)14-6-8-16-7-5-13-15-16/h1-5,7,14,17H,6,8-10H2. The Morgan fingerprint density at radius 3 is 2.67 bits per heavy atom. The van der Waals surface area contributed by atoms with Gasteiger partial charge in [0.1, 0.15) is 12.4 Å². The molecule has 0 fully saturated rings. The van der Waals surface area contributed by atoms with Gasteiger partial charge in [-0.25, -0.2) is 13.1 Å². The summed E-state index contributed by atoms with van der Waals surface area (Å²) in [6, 6.07) is 5.98. The highest BCUT2D eigenvalue weighted by molar-refractivity contribution is 7.89. The lowest BCUT2D eigenvalue weighted by Gasteiger charge is -2.08. The topological polar surface area (TPSA) is 106 Å². The second-order valence-corrected chi connectivity index (χ2v) is 5.87. The summed E-state index contributed by atoms with van der Waals surface area (Å²) in [6.45, 7) is 0.692. The van der Waals surface area contributed by atoms with Gasteiger partial charge in [0.05, 0.1) is 24.2 Å². The average Bonchev–Trinajstić information content (AvgIpc) is 2.98. The second-order valence-electron chi connectivity index (χ2n) is 4.11. The van der Waals surface area contributed by atoms with Crippen LogP contribution in [-0.2, 0) is 16.6 Å². The van der Waals surface area contributed by atoms with Crippen LogP contribution < -0.4 is 9.46 Å². The van der Waals surface area contributed by atoms with Gasteiger partial charge >= 0.3 is 0 Å². The molecule has 0 atom stereocenters. The SMILES string of the molecule is O=S(=O)(NCCn1ccnn1)c1ccc(OCCO)cc1. The molecular weight excluding hydrogens is 296 g/mol. The Bertz CT molecular complexity index is 640. The van der Waals surface area contributed by atoms with Gasteiger partial charge in [0.2, 0.25) is 10.0 Å². The number of benzene rings is 1. The Hall–Kier alpha value is -1.97. The maximum Gasteiger partial charge on any atom is 0.240 e. The molecular formula is C12H16N4O4S. The molecule has 1 heterocycles. The lowest BCUT2D eigenvalue weighted by Crippen LogP contribution is -2.27. The monoisotopic (exact) mass is 312 g/mol. The van der Waals surface area contributed by atoms with Crippen molar-refractivity contribution < 1.29 is 18.3 Å². The van der Waals surface area contributed by atoms with Gasteiger partial charge < -0.3 is 9.84 Å². The van der Waals surface area contributed by atoms with Gasteiger partial charge in [0.25, 0.3) is 0 Å². The van der Waals surface area contributed by atoms with Crippen LogP contribution >= 0.6 is 0 Å². The second kappa shape index (κ2) is 7.16. The Labute approximate surface area is 122 Å². The summed E-state index contributed by atoms with van der Waals surface area (Å²) in [4.78, 5) is 0.150. The first-order valence-corrected chi connectivity index (χ1v) is 7.77. The summed E-state index contributed by atoms with van der Waals surface area (Å²) in [5.74, 6) is 0.505. The highest BCUT2D eigenvalue weighted by atomic mass is 32.2. The van der Waals surface area contributed by atoms with Gasteiger partial charge in [-0.3, -0.25) is 4.68 Å². The fraction of sp³-hybridized carbons (Fsp3) is 0.333. The molecule has 0 spiro atoms. The van der Waals surface area contributed by atoms with Crippen molar-refractivity contribution >= 4 is 10.0 Å². The molecule has 0 bridgehead atoms. The molecule has 0 aliphatic rings. The van der Waals surface area contributed by atoms with Crippen LogP contribution in [0, 0.1) is 0 Å². The minimum absolute atomic E-state index is 0.0934. The van der Waals surface area contributed by atoms with Crippen molar-refractivity contribution in [2.45, 2.75) is 11.4 Å². The smallest absolute Gasteiger partial charge is 0.240 e. The Morgan fingerprint density at radius 2 is 2.05 bits per heavy atom. The number of aliphatic hydroxyl groups is 1. The van der Waals surface area contributed by atoms with Crippen LogP contribution in [0.4, 0.5) is 0 Å². The lowest BCUT2D eigenvalue weighted by atomic mass is 10.3. The van der Waals surface area contributed by atoms with Crippen LogP contribution in [0.3, 0.4) is 0 Å². The van der Waals surface area contributed by atoms with E-state index in [4.69, 9.17) is 9.84 Å². The van der Waals surface area contributed by atoms with Gasteiger partial charge in [-0.1, -0.05) is 5.21 Å². The van der Waals surface area contributed by atoms with Gasteiger partial charge in [-0.15, -0.1) is 5.10 Å². The van der Waals surface area contributed by atoms with Crippen molar-refractivity contribution in [2.75, 3.05) is 19.8 Å². The molecule has 8 nitrogen and oxygen atoms in total. The van der Waals surface area contributed by atoms with E-state index in [2.05, 4.69) is 15.0 Å². The summed E-state index contributed by atoms with van der Waals surface area (Å²) in [5, 5.41) is 16.0. The number of rotatable bonds is 8. The summed E-state index contributed by atoms with van der Waals surface area (Å²) >= 11 is 0. The Morgan fingerprint density at radius 1 is 1.29 bits per heavy atom. The number of nitrogens with zero attached hydrogens (tertiary/aromatic N) is 3. The van der Waals surface area contributed by atoms with E-state index < -0.39 is 10.0 Å². The number of sulfonamides is 1. The highest BCUT2D eigenvalue weighted by Gasteiger charge is 2.13. The zero-order chi connectivity index (χ0) is 15.1. The van der Waals surface area contributed by atoms with E-state index in [0.717, 1.165) is 0 Å². The van der Waals surface area contributed by atoms with Gasteiger partial charge in [-0.05, 0) is 24.3 Å². The Kier molecular flexibility index (Phi) is 5.26. The maximum absolute atomic E-state index is 12.0. The lowest BCUT2D eigenvalue weighted by molar-refractivity contribution is 0.201. The Balaban J connectivity index is 1.92. The molecule has 21 heavy (non-hydrogen) atoms. The van der Waals surface area contributed by atoms with Crippen molar-refractivity contribution in [3.8, 4) is 5.75 Å². The van der Waals surface area contributed by atoms with Crippen LogP contribution in [0.25, 0.3) is 0 Å². The van der Waals surface area contributed by atoms with Crippen LogP contribution in [0.15, 0.2) is 41.6 Å². The maximum atomic E-state index is 12.0. The largest absolute Gasteiger partial charge is 0.491 e. The van der Waals surface area contributed by atoms with Crippen molar-refractivity contribution in [1.29, 1.82) is 0 Å². The minimum atomic E-state index is -3.57. The number of hydrogen-bond acceptors (Lipinski definition) is 6. The van der Waals surface area contributed by atoms with Gasteiger partial charge in [0.15, 0.2) is 0 Å². The molecule has 2 rings (SSSR count). The van der Waals surface area contributed by atoms with Crippen LogP contribution in [0.1, 0.15) is 0 Å². The molecule has 0 amide bonds. The van der Waals surface area contributed by atoms with Crippen molar-refractivity contribution in [1.82, 2.24) is 19.7 Å². The molecule has 1 aromatic carbocycles. The molecule has 2 aromatic rings. The minimum Gasteiger partial charge on any atom is -0.491 e. The molecule has 9 heteroatoms. The fourth-order valence-corrected chi connectivity index (χ4v) is 2.63. The van der Waals surface area contributed by atoms with E-state index in [1.54, 1.807) is 18.3 Å². The molecule has 0 unspecified atom stereocenters.